The van der Waals surface area contributed by atoms with Crippen molar-refractivity contribution < 1.29 is 9.16 Å². The molecule has 0 N–H and O–H groups in total. The van der Waals surface area contributed by atoms with E-state index < -0.39 is 8.32 Å². The van der Waals surface area contributed by atoms with Crippen LogP contribution in [0, 0.1) is 0 Å². The standard InChI is InChI=1S/C23H29NO2Si/c1-16(2)27(17(3)4)22-12-20(25-5)11-21-23(22)19(15-26-27)14-24(21)13-18-9-7-6-8-10-18/h6-12,14,16-17H,13,15H2,1-5H3. The number of benzene rings is 2. The molecule has 1 aliphatic rings. The first-order chi connectivity index (χ1) is 13.0. The molecule has 0 aliphatic carbocycles. The Kier molecular flexibility index (Phi) is 4.64. The third-order valence-corrected chi connectivity index (χ3v) is 11.4. The van der Waals surface area contributed by atoms with E-state index in [0.717, 1.165) is 18.9 Å². The average molecular weight is 380 g/mol. The number of hydrogen-bond acceptors (Lipinski definition) is 2. The second-order valence-corrected chi connectivity index (χ2v) is 13.0. The highest BCUT2D eigenvalue weighted by atomic mass is 28.4. The van der Waals surface area contributed by atoms with Crippen molar-refractivity contribution >= 4 is 24.4 Å². The number of rotatable bonds is 5. The minimum atomic E-state index is -2.11. The van der Waals surface area contributed by atoms with Gasteiger partial charge in [0.05, 0.1) is 19.2 Å². The third-order valence-electron chi connectivity index (χ3n) is 6.07. The predicted octanol–water partition coefficient (Wildman–Crippen LogP) is 5.20. The Morgan fingerprint density at radius 3 is 2.41 bits per heavy atom. The van der Waals surface area contributed by atoms with Gasteiger partial charge in [0.15, 0.2) is 0 Å². The van der Waals surface area contributed by atoms with Gasteiger partial charge in [-0.05, 0) is 27.9 Å². The van der Waals surface area contributed by atoms with Crippen molar-refractivity contribution in [3.8, 4) is 5.75 Å². The summed E-state index contributed by atoms with van der Waals surface area (Å²) in [6, 6.07) is 15.1. The van der Waals surface area contributed by atoms with Crippen LogP contribution in [0.2, 0.25) is 11.1 Å². The van der Waals surface area contributed by atoms with Crippen LogP contribution in [-0.2, 0) is 17.6 Å². The second-order valence-electron chi connectivity index (χ2n) is 8.23. The first-order valence-corrected chi connectivity index (χ1v) is 11.9. The Balaban J connectivity index is 1.96. The SMILES string of the molecule is COc1cc2c3c(cn(Cc4ccccc4)c3c1)CO[Si]2(C(C)C)C(C)C. The first kappa shape index (κ1) is 18.3. The van der Waals surface area contributed by atoms with Crippen LogP contribution in [0.15, 0.2) is 48.7 Å². The summed E-state index contributed by atoms with van der Waals surface area (Å²) in [6.07, 6.45) is 2.28. The Hall–Kier alpha value is -2.04. The lowest BCUT2D eigenvalue weighted by molar-refractivity contribution is 0.281. The predicted molar refractivity (Wildman–Crippen MR) is 114 cm³/mol. The maximum atomic E-state index is 6.74. The number of hydrogen-bond donors (Lipinski definition) is 0. The molecular weight excluding hydrogens is 350 g/mol. The van der Waals surface area contributed by atoms with Crippen molar-refractivity contribution in [2.24, 2.45) is 0 Å². The van der Waals surface area contributed by atoms with Gasteiger partial charge in [-0.3, -0.25) is 0 Å². The molecule has 0 radical (unpaired) electrons. The summed E-state index contributed by atoms with van der Waals surface area (Å²) < 4.78 is 14.8. The van der Waals surface area contributed by atoms with E-state index >= 15 is 0 Å². The molecule has 2 aromatic carbocycles. The molecule has 0 saturated heterocycles. The quantitative estimate of drug-likeness (QED) is 0.569. The van der Waals surface area contributed by atoms with Gasteiger partial charge in [0.1, 0.15) is 5.75 Å². The summed E-state index contributed by atoms with van der Waals surface area (Å²) in [5.74, 6) is 0.931. The van der Waals surface area contributed by atoms with Gasteiger partial charge in [0.25, 0.3) is 0 Å². The molecule has 142 valence electrons. The Labute approximate surface area is 163 Å². The highest BCUT2D eigenvalue weighted by Gasteiger charge is 2.48. The van der Waals surface area contributed by atoms with Crippen molar-refractivity contribution in [2.75, 3.05) is 7.11 Å². The van der Waals surface area contributed by atoms with Gasteiger partial charge in [-0.2, -0.15) is 0 Å². The monoisotopic (exact) mass is 379 g/mol. The fraction of sp³-hybridized carbons (Fsp3) is 0.391. The number of nitrogens with zero attached hydrogens (tertiary/aromatic N) is 1. The minimum Gasteiger partial charge on any atom is -0.497 e. The lowest BCUT2D eigenvalue weighted by Crippen LogP contribution is -2.57. The van der Waals surface area contributed by atoms with Gasteiger partial charge in [0.2, 0.25) is 8.32 Å². The average Bonchev–Trinajstić information content (AvgIpc) is 3.00. The van der Waals surface area contributed by atoms with E-state index in [1.807, 2.05) is 0 Å². The van der Waals surface area contributed by atoms with Gasteiger partial charge in [-0.25, -0.2) is 0 Å². The summed E-state index contributed by atoms with van der Waals surface area (Å²) in [5.41, 5.74) is 4.91. The zero-order chi connectivity index (χ0) is 19.2. The third kappa shape index (κ3) is 2.82. The van der Waals surface area contributed by atoms with Gasteiger partial charge >= 0.3 is 0 Å². The maximum absolute atomic E-state index is 6.74. The van der Waals surface area contributed by atoms with E-state index in [1.54, 1.807) is 7.11 Å². The lowest BCUT2D eigenvalue weighted by atomic mass is 10.1. The summed E-state index contributed by atoms with van der Waals surface area (Å²) in [6.45, 7) is 10.9. The first-order valence-electron chi connectivity index (χ1n) is 9.85. The highest BCUT2D eigenvalue weighted by molar-refractivity contribution is 6.90. The molecule has 1 aliphatic heterocycles. The number of aromatic nitrogens is 1. The minimum absolute atomic E-state index is 0.512. The summed E-state index contributed by atoms with van der Waals surface area (Å²) in [7, 11) is -0.347. The van der Waals surface area contributed by atoms with E-state index in [9.17, 15) is 0 Å². The van der Waals surface area contributed by atoms with Crippen molar-refractivity contribution in [3.63, 3.8) is 0 Å². The van der Waals surface area contributed by atoms with Crippen LogP contribution in [0.3, 0.4) is 0 Å². The molecule has 0 bridgehead atoms. The molecule has 3 nitrogen and oxygen atoms in total. The molecule has 1 aromatic heterocycles. The topological polar surface area (TPSA) is 23.4 Å². The van der Waals surface area contributed by atoms with Gasteiger partial charge in [0, 0.05) is 29.8 Å². The van der Waals surface area contributed by atoms with E-state index in [4.69, 9.17) is 9.16 Å². The molecule has 2 heterocycles. The van der Waals surface area contributed by atoms with Crippen molar-refractivity contribution in [1.82, 2.24) is 4.57 Å². The molecule has 0 amide bonds. The summed E-state index contributed by atoms with van der Waals surface area (Å²) >= 11 is 0. The van der Waals surface area contributed by atoms with Crippen LogP contribution < -0.4 is 9.92 Å². The Bertz CT molecular complexity index is 951. The zero-order valence-electron chi connectivity index (χ0n) is 17.0. The van der Waals surface area contributed by atoms with Crippen molar-refractivity contribution in [1.29, 1.82) is 0 Å². The number of methoxy groups -OCH3 is 1. The van der Waals surface area contributed by atoms with Gasteiger partial charge in [-0.15, -0.1) is 0 Å². The van der Waals surface area contributed by atoms with E-state index in [-0.39, 0.29) is 0 Å². The van der Waals surface area contributed by atoms with Crippen LogP contribution in [-0.4, -0.2) is 20.0 Å². The summed E-state index contributed by atoms with van der Waals surface area (Å²) in [5, 5.41) is 2.82. The normalized spacial score (nSPS) is 15.7. The molecule has 3 aromatic rings. The Morgan fingerprint density at radius 1 is 1.07 bits per heavy atom. The van der Waals surface area contributed by atoms with Crippen LogP contribution >= 0.6 is 0 Å². The second kappa shape index (κ2) is 6.84. The summed E-state index contributed by atoms with van der Waals surface area (Å²) in [4.78, 5) is 0. The maximum Gasteiger partial charge on any atom is 0.230 e. The van der Waals surface area contributed by atoms with Crippen LogP contribution in [0.25, 0.3) is 10.9 Å². The fourth-order valence-electron chi connectivity index (χ4n) is 4.83. The van der Waals surface area contributed by atoms with Crippen LogP contribution in [0.4, 0.5) is 0 Å². The zero-order valence-corrected chi connectivity index (χ0v) is 18.0. The molecule has 0 unspecified atom stereocenters. The van der Waals surface area contributed by atoms with Crippen molar-refractivity contribution in [2.45, 2.75) is 51.9 Å². The molecule has 0 atom stereocenters. The molecule has 0 saturated carbocycles. The molecule has 27 heavy (non-hydrogen) atoms. The largest absolute Gasteiger partial charge is 0.497 e. The number of ether oxygens (including phenoxy) is 1. The smallest absolute Gasteiger partial charge is 0.230 e. The molecule has 0 spiro atoms. The van der Waals surface area contributed by atoms with Crippen molar-refractivity contribution in [3.05, 3.63) is 59.8 Å². The molecule has 4 heteroatoms. The van der Waals surface area contributed by atoms with Gasteiger partial charge in [-0.1, -0.05) is 58.0 Å². The lowest BCUT2D eigenvalue weighted by Gasteiger charge is -2.42. The molecule has 0 fully saturated rings. The molecule has 4 rings (SSSR count). The van der Waals surface area contributed by atoms with E-state index in [1.165, 1.54) is 27.2 Å². The van der Waals surface area contributed by atoms with Crippen LogP contribution in [0.5, 0.6) is 5.75 Å². The van der Waals surface area contributed by atoms with Crippen LogP contribution in [0.1, 0.15) is 38.8 Å². The Morgan fingerprint density at radius 2 is 1.78 bits per heavy atom. The van der Waals surface area contributed by atoms with Gasteiger partial charge < -0.3 is 13.7 Å². The molecular formula is C23H29NO2Si. The highest BCUT2D eigenvalue weighted by Crippen LogP contribution is 2.41. The van der Waals surface area contributed by atoms with E-state index in [2.05, 4.69) is 80.9 Å². The fourth-order valence-corrected chi connectivity index (χ4v) is 9.67. The van der Waals surface area contributed by atoms with E-state index in [0.29, 0.717) is 11.1 Å².